The summed E-state index contributed by atoms with van der Waals surface area (Å²) in [6.07, 6.45) is 4.25. The molecular formula is C28H41ClN6O6. The van der Waals surface area contributed by atoms with E-state index in [-0.39, 0.29) is 55.7 Å². The molecule has 12 nitrogen and oxygen atoms in total. The van der Waals surface area contributed by atoms with Crippen LogP contribution < -0.4 is 27.3 Å². The fraction of sp³-hybridized carbons (Fsp3) is 0.607. The number of aryl methyl sites for hydroxylation is 1. The molecule has 2 aliphatic rings. The van der Waals surface area contributed by atoms with E-state index in [9.17, 15) is 24.0 Å². The quantitative estimate of drug-likeness (QED) is 0.241. The van der Waals surface area contributed by atoms with Crippen LogP contribution in [0, 0.1) is 0 Å². The highest BCUT2D eigenvalue weighted by atomic mass is 35.5. The second kappa shape index (κ2) is 15.0. The highest BCUT2D eigenvalue weighted by Gasteiger charge is 2.44. The number of unbranched alkanes of at least 4 members (excludes halogenated alkanes) is 1. The Kier molecular flexibility index (Phi) is 11.8. The van der Waals surface area contributed by atoms with E-state index in [0.717, 1.165) is 12.0 Å². The number of nitrogens with two attached hydrogens (primary N) is 3. The minimum absolute atomic E-state index is 0.0288. The van der Waals surface area contributed by atoms with Gasteiger partial charge >= 0.3 is 0 Å². The standard InChI is InChI=1S/C28H41ClN6O6/c1-17(36)34-14-13-20-10-11-22(35(20)28(40)21(30)15-34)27(39)33-19(9-12-25(32)38)16-41-23-7-4-6-18(26(23)29)5-2-3-8-24(31)37/h4,6-7,19-22H,2-3,5,8-16,30H2,1H3,(H2,31,37)(H2,32,38)(H,33,39)/t19-,20+,21-,22-/m0/s1. The number of primary amides is 2. The van der Waals surface area contributed by atoms with E-state index in [1.165, 1.54) is 6.92 Å². The van der Waals surface area contributed by atoms with Gasteiger partial charge < -0.3 is 37.1 Å². The van der Waals surface area contributed by atoms with Crippen molar-refractivity contribution in [3.05, 3.63) is 28.8 Å². The number of halogens is 1. The van der Waals surface area contributed by atoms with Gasteiger partial charge in [0.05, 0.1) is 11.1 Å². The highest BCUT2D eigenvalue weighted by molar-refractivity contribution is 6.32. The number of nitrogens with one attached hydrogen (secondary N) is 1. The Morgan fingerprint density at radius 1 is 1.10 bits per heavy atom. The minimum Gasteiger partial charge on any atom is -0.490 e. The number of nitrogens with zero attached hydrogens (tertiary/aromatic N) is 2. The van der Waals surface area contributed by atoms with Gasteiger partial charge in [0.2, 0.25) is 29.5 Å². The van der Waals surface area contributed by atoms with Crippen molar-refractivity contribution in [1.82, 2.24) is 15.1 Å². The van der Waals surface area contributed by atoms with Crippen molar-refractivity contribution in [2.45, 2.75) is 88.9 Å². The summed E-state index contributed by atoms with van der Waals surface area (Å²) >= 11 is 6.58. The number of carbonyl (C=O) groups is 5. The van der Waals surface area contributed by atoms with Gasteiger partial charge in [-0.3, -0.25) is 24.0 Å². The number of carbonyl (C=O) groups excluding carboxylic acids is 5. The zero-order valence-corrected chi connectivity index (χ0v) is 24.2. The zero-order chi connectivity index (χ0) is 30.1. The molecule has 2 aliphatic heterocycles. The summed E-state index contributed by atoms with van der Waals surface area (Å²) < 4.78 is 5.98. The Morgan fingerprint density at radius 3 is 2.51 bits per heavy atom. The number of fused-ring (bicyclic) bond motifs is 1. The maximum Gasteiger partial charge on any atom is 0.243 e. The molecule has 2 heterocycles. The lowest BCUT2D eigenvalue weighted by atomic mass is 10.1. The van der Waals surface area contributed by atoms with Crippen LogP contribution in [-0.2, 0) is 30.4 Å². The van der Waals surface area contributed by atoms with Crippen LogP contribution in [-0.4, -0.2) is 83.2 Å². The van der Waals surface area contributed by atoms with Crippen molar-refractivity contribution < 1.29 is 28.7 Å². The molecule has 41 heavy (non-hydrogen) atoms. The van der Waals surface area contributed by atoms with Crippen LogP contribution in [0.4, 0.5) is 0 Å². The molecule has 0 saturated carbocycles. The van der Waals surface area contributed by atoms with E-state index in [2.05, 4.69) is 5.32 Å². The molecule has 1 aromatic carbocycles. The van der Waals surface area contributed by atoms with E-state index >= 15 is 0 Å². The second-order valence-corrected chi connectivity index (χ2v) is 11.2. The van der Waals surface area contributed by atoms with Crippen molar-refractivity contribution in [2.75, 3.05) is 19.7 Å². The summed E-state index contributed by atoms with van der Waals surface area (Å²) in [5, 5.41) is 3.38. The van der Waals surface area contributed by atoms with Crippen LogP contribution in [0.3, 0.4) is 0 Å². The molecule has 0 bridgehead atoms. The van der Waals surface area contributed by atoms with E-state index in [1.807, 2.05) is 12.1 Å². The average Bonchev–Trinajstić information content (AvgIpc) is 3.33. The van der Waals surface area contributed by atoms with Crippen molar-refractivity contribution in [3.63, 3.8) is 0 Å². The van der Waals surface area contributed by atoms with Gasteiger partial charge in [-0.1, -0.05) is 23.7 Å². The SMILES string of the molecule is CC(=O)N1CC[C@H]2CC[C@@H](C(=O)N[C@@H](CCC(N)=O)COc3cccc(CCCCC(N)=O)c3Cl)N2C(=O)[C@@H](N)C1. The third-order valence-corrected chi connectivity index (χ3v) is 8.09. The van der Waals surface area contributed by atoms with E-state index in [0.29, 0.717) is 55.8 Å². The van der Waals surface area contributed by atoms with Gasteiger partial charge in [-0.25, -0.2) is 0 Å². The van der Waals surface area contributed by atoms with Crippen LogP contribution in [0.2, 0.25) is 5.02 Å². The van der Waals surface area contributed by atoms with Gasteiger partial charge in [0, 0.05) is 38.9 Å². The van der Waals surface area contributed by atoms with E-state index in [4.69, 9.17) is 33.5 Å². The molecule has 0 aliphatic carbocycles. The first-order valence-corrected chi connectivity index (χ1v) is 14.5. The van der Waals surface area contributed by atoms with Gasteiger partial charge in [-0.15, -0.1) is 0 Å². The summed E-state index contributed by atoms with van der Waals surface area (Å²) in [5.74, 6) is -1.28. The molecule has 13 heteroatoms. The van der Waals surface area contributed by atoms with Crippen LogP contribution in [0.15, 0.2) is 18.2 Å². The third kappa shape index (κ3) is 9.06. The van der Waals surface area contributed by atoms with Gasteiger partial charge in [-0.2, -0.15) is 0 Å². The molecule has 2 fully saturated rings. The van der Waals surface area contributed by atoms with Crippen molar-refractivity contribution in [3.8, 4) is 5.75 Å². The molecule has 7 N–H and O–H groups in total. The summed E-state index contributed by atoms with van der Waals surface area (Å²) in [6.45, 7) is 2.05. The van der Waals surface area contributed by atoms with Crippen molar-refractivity contribution >= 4 is 41.1 Å². The van der Waals surface area contributed by atoms with Gasteiger partial charge in [-0.05, 0) is 56.6 Å². The molecule has 226 valence electrons. The molecule has 2 saturated heterocycles. The third-order valence-electron chi connectivity index (χ3n) is 7.66. The van der Waals surface area contributed by atoms with Gasteiger partial charge in [0.1, 0.15) is 24.4 Å². The maximum absolute atomic E-state index is 13.5. The van der Waals surface area contributed by atoms with E-state index < -0.39 is 24.0 Å². The Hall–Kier alpha value is -3.38. The predicted molar refractivity (Wildman–Crippen MR) is 153 cm³/mol. The lowest BCUT2D eigenvalue weighted by molar-refractivity contribution is -0.144. The van der Waals surface area contributed by atoms with Crippen LogP contribution in [0.1, 0.15) is 63.9 Å². The fourth-order valence-electron chi connectivity index (χ4n) is 5.42. The second-order valence-electron chi connectivity index (χ2n) is 10.8. The lowest BCUT2D eigenvalue weighted by Crippen LogP contribution is -2.59. The first-order chi connectivity index (χ1) is 19.5. The smallest absolute Gasteiger partial charge is 0.243 e. The molecule has 1 aromatic rings. The normalized spacial score (nSPS) is 21.4. The molecule has 0 spiro atoms. The minimum atomic E-state index is -0.922. The Labute approximate surface area is 245 Å². The molecule has 3 rings (SSSR count). The molecule has 5 amide bonds. The van der Waals surface area contributed by atoms with Crippen LogP contribution in [0.25, 0.3) is 0 Å². The first kappa shape index (κ1) is 32.1. The number of ether oxygens (including phenoxy) is 1. The molecule has 4 atom stereocenters. The summed E-state index contributed by atoms with van der Waals surface area (Å²) in [7, 11) is 0. The Bertz CT molecular complexity index is 1130. The molecule has 0 radical (unpaired) electrons. The summed E-state index contributed by atoms with van der Waals surface area (Å²) in [6, 6.07) is 2.99. The molecule has 0 aromatic heterocycles. The number of hydrogen-bond donors (Lipinski definition) is 4. The number of benzene rings is 1. The van der Waals surface area contributed by atoms with Crippen molar-refractivity contribution in [1.29, 1.82) is 0 Å². The van der Waals surface area contributed by atoms with Gasteiger partial charge in [0.25, 0.3) is 0 Å². The predicted octanol–water partition coefficient (Wildman–Crippen LogP) is 0.606. The maximum atomic E-state index is 13.5. The summed E-state index contributed by atoms with van der Waals surface area (Å²) in [4.78, 5) is 64.3. The number of hydrogen-bond acceptors (Lipinski definition) is 7. The Balaban J connectivity index is 1.66. The Morgan fingerprint density at radius 2 is 1.83 bits per heavy atom. The highest BCUT2D eigenvalue weighted by Crippen LogP contribution is 2.31. The molecular weight excluding hydrogens is 552 g/mol. The topological polar surface area (TPSA) is 191 Å². The fourth-order valence-corrected chi connectivity index (χ4v) is 5.70. The van der Waals surface area contributed by atoms with E-state index in [1.54, 1.807) is 15.9 Å². The van der Waals surface area contributed by atoms with Crippen molar-refractivity contribution in [2.24, 2.45) is 17.2 Å². The molecule has 0 unspecified atom stereocenters. The van der Waals surface area contributed by atoms with Crippen LogP contribution in [0.5, 0.6) is 5.75 Å². The first-order valence-electron chi connectivity index (χ1n) is 14.1. The summed E-state index contributed by atoms with van der Waals surface area (Å²) in [5.41, 5.74) is 17.6. The van der Waals surface area contributed by atoms with Gasteiger partial charge in [0.15, 0.2) is 0 Å². The lowest BCUT2D eigenvalue weighted by Gasteiger charge is -2.37. The largest absolute Gasteiger partial charge is 0.490 e. The number of amides is 5. The zero-order valence-electron chi connectivity index (χ0n) is 23.5. The van der Waals surface area contributed by atoms with Crippen LogP contribution >= 0.6 is 11.6 Å². The number of rotatable bonds is 13. The average molecular weight is 593 g/mol. The monoisotopic (exact) mass is 592 g/mol.